The van der Waals surface area contributed by atoms with Crippen LogP contribution in [0.4, 0.5) is 0 Å². The van der Waals surface area contributed by atoms with E-state index in [0.29, 0.717) is 10.8 Å². The maximum atomic E-state index is 2.45. The van der Waals surface area contributed by atoms with E-state index < -0.39 is 0 Å². The van der Waals surface area contributed by atoms with Crippen molar-refractivity contribution in [3.63, 3.8) is 0 Å². The van der Waals surface area contributed by atoms with Gasteiger partial charge in [-0.2, -0.15) is 12.1 Å². The predicted octanol–water partition coefficient (Wildman–Crippen LogP) is 8.27. The molecule has 0 spiro atoms. The summed E-state index contributed by atoms with van der Waals surface area (Å²) in [7, 11) is 0. The van der Waals surface area contributed by atoms with E-state index in [1.54, 1.807) is 23.3 Å². The number of hydrogen-bond donors (Lipinski definition) is 0. The first-order valence-corrected chi connectivity index (χ1v) is 25.5. The minimum Gasteiger partial charge on any atom is -1.00 e. The van der Waals surface area contributed by atoms with Crippen molar-refractivity contribution in [3.05, 3.63) is 132 Å². The molecule has 2 saturated carbocycles. The third-order valence-electron chi connectivity index (χ3n) is 11.8. The monoisotopic (exact) mass is 820 g/mol. The summed E-state index contributed by atoms with van der Waals surface area (Å²) in [6, 6.07) is 44.7. The Labute approximate surface area is 342 Å². The van der Waals surface area contributed by atoms with Crippen molar-refractivity contribution in [2.75, 3.05) is 0 Å². The number of benzene rings is 4. The second-order valence-corrected chi connectivity index (χ2v) is 24.9. The quantitative estimate of drug-likeness (QED) is 0.107. The van der Waals surface area contributed by atoms with E-state index >= 15 is 0 Å². The van der Waals surface area contributed by atoms with Crippen molar-refractivity contribution < 1.29 is 48.1 Å². The molecule has 4 heteroatoms. The third-order valence-corrected chi connectivity index (χ3v) is 11.8. The molecule has 2 aliphatic rings. The summed E-state index contributed by atoms with van der Waals surface area (Å²) in [6.07, 6.45) is 16.5. The van der Waals surface area contributed by atoms with Gasteiger partial charge < -0.3 is 24.8 Å². The third kappa shape index (κ3) is 10.5. The molecule has 0 bridgehead atoms. The normalized spacial score (nSPS) is 15.5. The van der Waals surface area contributed by atoms with Crippen LogP contribution in [-0.2, 0) is 36.2 Å². The smallest absolute Gasteiger partial charge is 1.00 e. The van der Waals surface area contributed by atoms with Crippen molar-refractivity contribution in [1.82, 2.24) is 0 Å². The average molecular weight is 823 g/mol. The second-order valence-electron chi connectivity index (χ2n) is 15.6. The maximum absolute atomic E-state index is 2.45. The summed E-state index contributed by atoms with van der Waals surface area (Å²) >= 11 is 1.74. The number of halogens is 2. The Morgan fingerprint density at radius 2 is 0.885 bits per heavy atom. The van der Waals surface area contributed by atoms with Gasteiger partial charge in [-0.25, -0.2) is 0 Å². The van der Waals surface area contributed by atoms with Crippen molar-refractivity contribution in [1.29, 1.82) is 0 Å². The van der Waals surface area contributed by atoms with Gasteiger partial charge in [0, 0.05) is 0 Å². The van der Waals surface area contributed by atoms with Crippen LogP contribution < -0.4 is 24.8 Å². The molecule has 0 N–H and O–H groups in total. The van der Waals surface area contributed by atoms with Crippen molar-refractivity contribution in [2.45, 2.75) is 104 Å². The summed E-state index contributed by atoms with van der Waals surface area (Å²) in [4.78, 5) is 0. The van der Waals surface area contributed by atoms with Crippen LogP contribution in [0.5, 0.6) is 0 Å². The molecule has 52 heavy (non-hydrogen) atoms. The van der Waals surface area contributed by atoms with Crippen molar-refractivity contribution in [3.8, 4) is 22.3 Å². The van der Waals surface area contributed by atoms with Crippen LogP contribution in [-0.4, -0.2) is 5.43 Å². The Kier molecular flexibility index (Phi) is 16.3. The van der Waals surface area contributed by atoms with Crippen molar-refractivity contribution in [2.24, 2.45) is 10.8 Å². The molecule has 0 aliphatic heterocycles. The Morgan fingerprint density at radius 3 is 1.21 bits per heavy atom. The molecule has 0 radical (unpaired) electrons. The van der Waals surface area contributed by atoms with Gasteiger partial charge in [-0.1, -0.05) is 136 Å². The SMILES string of the molecule is CCC1(Cc2cc3c(-c4ccccc4)cccc3[cH-]2)CCCC1.CCC1(Cc2cc3c(-c4ccccc4)cccc3[cH-]2)CCCC1.C[Si](C)=[Zr+2].[Cl-].[Cl-]. The van der Waals surface area contributed by atoms with Gasteiger partial charge >= 0.3 is 41.9 Å². The van der Waals surface area contributed by atoms with Gasteiger partial charge in [-0.05, 0) is 60.5 Å². The molecule has 0 nitrogen and oxygen atoms in total. The average Bonchev–Trinajstić information content (AvgIpc) is 3.96. The molecule has 0 saturated heterocycles. The van der Waals surface area contributed by atoms with E-state index in [9.17, 15) is 0 Å². The maximum Gasteiger partial charge on any atom is -1.00 e. The molecule has 0 unspecified atom stereocenters. The van der Waals surface area contributed by atoms with E-state index in [1.807, 2.05) is 0 Å². The molecule has 0 atom stereocenters. The molecule has 0 heterocycles. The van der Waals surface area contributed by atoms with Gasteiger partial charge in [0.05, 0.1) is 0 Å². The molecule has 8 rings (SSSR count). The molecule has 2 fully saturated rings. The second kappa shape index (κ2) is 19.9. The van der Waals surface area contributed by atoms with E-state index in [-0.39, 0.29) is 30.2 Å². The van der Waals surface area contributed by atoms with Gasteiger partial charge in [-0.3, -0.25) is 0 Å². The molecule has 2 aliphatic carbocycles. The summed E-state index contributed by atoms with van der Waals surface area (Å²) in [5, 5.41) is 5.62. The fourth-order valence-corrected chi connectivity index (χ4v) is 8.96. The van der Waals surface area contributed by atoms with Gasteiger partial charge in [0.15, 0.2) is 0 Å². The van der Waals surface area contributed by atoms with Crippen LogP contribution in [0, 0.1) is 10.8 Å². The topological polar surface area (TPSA) is 0 Å². The summed E-state index contributed by atoms with van der Waals surface area (Å²) < 4.78 is 0. The van der Waals surface area contributed by atoms with Gasteiger partial charge in [0.1, 0.15) is 0 Å². The standard InChI is InChI=1S/2C23H25.C2H6Si.2ClH.Zr/c2*1-2-23(13-6-7-14-23)17-18-15-20-11-8-12-21(22(20)16-18)19-9-4-3-5-10-19;1-3-2;;;/h2*3-5,8-12,15-16H,2,6-7,13-14,17H2,1H3;1-2H3;2*1H;/q2*-1;;;;+2/p-2. The number of fused-ring (bicyclic) bond motifs is 2. The van der Waals surface area contributed by atoms with Gasteiger partial charge in [-0.15, -0.1) is 69.1 Å². The van der Waals surface area contributed by atoms with Gasteiger partial charge in [0.25, 0.3) is 0 Å². The molecule has 272 valence electrons. The Morgan fingerprint density at radius 1 is 0.538 bits per heavy atom. The van der Waals surface area contributed by atoms with Crippen LogP contribution in [0.2, 0.25) is 13.1 Å². The van der Waals surface area contributed by atoms with Crippen LogP contribution in [0.25, 0.3) is 43.8 Å². The molecule has 0 amide bonds. The predicted molar refractivity (Wildman–Crippen MR) is 217 cm³/mol. The molecular weight excluding hydrogens is 767 g/mol. The Balaban J connectivity index is 0.000000204. The first-order valence-electron chi connectivity index (χ1n) is 19.3. The summed E-state index contributed by atoms with van der Waals surface area (Å²) in [6.45, 7) is 9.37. The summed E-state index contributed by atoms with van der Waals surface area (Å²) in [5.41, 5.74) is 9.79. The minimum absolute atomic E-state index is 0. The molecule has 0 aromatic heterocycles. The first-order chi connectivity index (χ1) is 24.3. The van der Waals surface area contributed by atoms with E-state index in [1.165, 1.54) is 132 Å². The molecule has 6 aromatic carbocycles. The zero-order valence-electron chi connectivity index (χ0n) is 31.8. The van der Waals surface area contributed by atoms with Crippen molar-refractivity contribution >= 4 is 27.0 Å². The van der Waals surface area contributed by atoms with E-state index in [0.717, 1.165) is 0 Å². The fourth-order valence-electron chi connectivity index (χ4n) is 8.96. The van der Waals surface area contributed by atoms with Crippen LogP contribution in [0.1, 0.15) is 89.2 Å². The van der Waals surface area contributed by atoms with Crippen LogP contribution >= 0.6 is 0 Å². The Bertz CT molecular complexity index is 1830. The largest absolute Gasteiger partial charge is 1.00 e. The van der Waals surface area contributed by atoms with Crippen LogP contribution in [0.3, 0.4) is 0 Å². The minimum atomic E-state index is 0. The fraction of sp³-hybridized carbons (Fsp3) is 0.375. The Hall–Kier alpha value is -2.22. The summed E-state index contributed by atoms with van der Waals surface area (Å²) in [5.74, 6) is 0. The molecule has 6 aromatic rings. The van der Waals surface area contributed by atoms with Gasteiger partial charge in [0.2, 0.25) is 0 Å². The zero-order chi connectivity index (χ0) is 35.0. The van der Waals surface area contributed by atoms with E-state index in [2.05, 4.69) is 148 Å². The van der Waals surface area contributed by atoms with Crippen LogP contribution in [0.15, 0.2) is 121 Å². The first kappa shape index (κ1) is 42.5. The van der Waals surface area contributed by atoms with E-state index in [4.69, 9.17) is 0 Å². The number of rotatable bonds is 8. The zero-order valence-corrected chi connectivity index (χ0v) is 36.8. The molecular formula is C48H56Cl2SiZr-2. The number of hydrogen-bond acceptors (Lipinski definition) is 0.